The highest BCUT2D eigenvalue weighted by atomic mass is 32.1. The molecule has 0 saturated heterocycles. The van der Waals surface area contributed by atoms with Crippen molar-refractivity contribution in [1.82, 2.24) is 0 Å². The molecule has 2 heteroatoms. The van der Waals surface area contributed by atoms with Crippen LogP contribution < -0.4 is 0 Å². The lowest BCUT2D eigenvalue weighted by Gasteiger charge is -2.10. The summed E-state index contributed by atoms with van der Waals surface area (Å²) in [5.41, 5.74) is 5.45. The molecular weight excluding hydrogens is 288 g/mol. The van der Waals surface area contributed by atoms with E-state index in [-0.39, 0.29) is 19.3 Å². The topological polar surface area (TPSA) is 17.1 Å². The summed E-state index contributed by atoms with van der Waals surface area (Å²) in [6, 6.07) is 26.5. The normalized spacial score (nSPS) is 9.86. The van der Waals surface area contributed by atoms with Crippen LogP contribution in [-0.4, -0.2) is 5.78 Å². The maximum Gasteiger partial charge on any atom is 0.159 e. The van der Waals surface area contributed by atoms with Crippen LogP contribution in [0.1, 0.15) is 17.3 Å². The molecular formula is C20H18OS. The summed E-state index contributed by atoms with van der Waals surface area (Å²) >= 11 is 0. The first-order valence-electron chi connectivity index (χ1n) is 7.01. The van der Waals surface area contributed by atoms with E-state index in [1.807, 2.05) is 48.5 Å². The third-order valence-electron chi connectivity index (χ3n) is 3.61. The van der Waals surface area contributed by atoms with Crippen molar-refractivity contribution in [2.24, 2.45) is 0 Å². The summed E-state index contributed by atoms with van der Waals surface area (Å²) in [5, 5.41) is 0. The number of hydrogen-bond donors (Lipinski definition) is 0. The predicted molar refractivity (Wildman–Crippen MR) is 97.7 cm³/mol. The molecule has 0 aromatic heterocycles. The first-order valence-corrected chi connectivity index (χ1v) is 7.01. The zero-order valence-corrected chi connectivity index (χ0v) is 13.4. The van der Waals surface area contributed by atoms with Crippen molar-refractivity contribution < 1.29 is 4.79 Å². The number of rotatable bonds is 3. The molecule has 0 unspecified atom stereocenters. The highest BCUT2D eigenvalue weighted by molar-refractivity contribution is 7.59. The van der Waals surface area contributed by atoms with Crippen molar-refractivity contribution >= 4 is 19.3 Å². The van der Waals surface area contributed by atoms with Crippen LogP contribution in [0.4, 0.5) is 0 Å². The van der Waals surface area contributed by atoms with Crippen molar-refractivity contribution in [3.63, 3.8) is 0 Å². The van der Waals surface area contributed by atoms with E-state index in [1.54, 1.807) is 6.92 Å². The number of benzene rings is 3. The molecule has 0 spiro atoms. The minimum Gasteiger partial charge on any atom is -0.295 e. The Kier molecular flexibility index (Phi) is 5.18. The van der Waals surface area contributed by atoms with Gasteiger partial charge in [0.15, 0.2) is 5.78 Å². The van der Waals surface area contributed by atoms with Gasteiger partial charge in [0.1, 0.15) is 0 Å². The maximum atomic E-state index is 11.4. The average Bonchev–Trinajstić information content (AvgIpc) is 2.56. The Bertz CT molecular complexity index is 761. The van der Waals surface area contributed by atoms with Crippen molar-refractivity contribution in [3.8, 4) is 22.3 Å². The van der Waals surface area contributed by atoms with Gasteiger partial charge in [-0.3, -0.25) is 4.79 Å². The van der Waals surface area contributed by atoms with Gasteiger partial charge in [0.2, 0.25) is 0 Å². The van der Waals surface area contributed by atoms with Gasteiger partial charge in [-0.15, -0.1) is 0 Å². The minimum atomic E-state index is 0. The molecule has 3 aromatic carbocycles. The number of ketones is 1. The number of hydrogen-bond acceptors (Lipinski definition) is 1. The van der Waals surface area contributed by atoms with Crippen LogP contribution >= 0.6 is 13.5 Å². The summed E-state index contributed by atoms with van der Waals surface area (Å²) in [6.07, 6.45) is 0. The number of carbonyl (C=O) groups excluding carboxylic acids is 1. The molecule has 0 bridgehead atoms. The Morgan fingerprint density at radius 3 is 1.59 bits per heavy atom. The summed E-state index contributed by atoms with van der Waals surface area (Å²) in [6.45, 7) is 1.59. The van der Waals surface area contributed by atoms with E-state index in [1.165, 1.54) is 16.7 Å². The van der Waals surface area contributed by atoms with Gasteiger partial charge in [-0.2, -0.15) is 13.5 Å². The molecule has 0 radical (unpaired) electrons. The highest BCUT2D eigenvalue weighted by Crippen LogP contribution is 2.31. The van der Waals surface area contributed by atoms with Gasteiger partial charge in [0.05, 0.1) is 0 Å². The molecule has 0 amide bonds. The Morgan fingerprint density at radius 1 is 0.636 bits per heavy atom. The second-order valence-electron chi connectivity index (χ2n) is 5.05. The number of carbonyl (C=O) groups is 1. The molecule has 3 rings (SSSR count). The van der Waals surface area contributed by atoms with Gasteiger partial charge in [-0.25, -0.2) is 0 Å². The van der Waals surface area contributed by atoms with E-state index in [0.29, 0.717) is 0 Å². The molecule has 0 aliphatic heterocycles. The van der Waals surface area contributed by atoms with Crippen LogP contribution in [0.25, 0.3) is 22.3 Å². The summed E-state index contributed by atoms with van der Waals surface area (Å²) in [4.78, 5) is 11.4. The Morgan fingerprint density at radius 2 is 1.09 bits per heavy atom. The van der Waals surface area contributed by atoms with Crippen LogP contribution in [0.15, 0.2) is 78.9 Å². The SMILES string of the molecule is CC(=O)c1ccc(-c2ccccc2-c2ccccc2)cc1.S. The fraction of sp³-hybridized carbons (Fsp3) is 0.0500. The van der Waals surface area contributed by atoms with Crippen LogP contribution in [-0.2, 0) is 0 Å². The van der Waals surface area contributed by atoms with Crippen molar-refractivity contribution in [1.29, 1.82) is 0 Å². The van der Waals surface area contributed by atoms with E-state index in [9.17, 15) is 4.79 Å². The minimum absolute atomic E-state index is 0. The molecule has 1 nitrogen and oxygen atoms in total. The molecule has 0 saturated carbocycles. The monoisotopic (exact) mass is 306 g/mol. The van der Waals surface area contributed by atoms with Crippen molar-refractivity contribution in [3.05, 3.63) is 84.4 Å². The van der Waals surface area contributed by atoms with Crippen LogP contribution in [0, 0.1) is 0 Å². The lowest BCUT2D eigenvalue weighted by atomic mass is 9.94. The standard InChI is InChI=1S/C20H16O.H2S/c1-15(21)16-11-13-18(14-12-16)20-10-6-5-9-19(20)17-7-3-2-4-8-17;/h2-14H,1H3;1H2. The molecule has 110 valence electrons. The predicted octanol–water partition coefficient (Wildman–Crippen LogP) is 5.34. The second kappa shape index (κ2) is 7.10. The quantitative estimate of drug-likeness (QED) is 0.597. The Hall–Kier alpha value is -2.32. The summed E-state index contributed by atoms with van der Waals surface area (Å²) in [5.74, 6) is 0.0953. The smallest absolute Gasteiger partial charge is 0.159 e. The van der Waals surface area contributed by atoms with Gasteiger partial charge >= 0.3 is 0 Å². The van der Waals surface area contributed by atoms with E-state index in [4.69, 9.17) is 0 Å². The zero-order valence-electron chi connectivity index (χ0n) is 12.4. The maximum absolute atomic E-state index is 11.4. The van der Waals surface area contributed by atoms with Crippen LogP contribution in [0.2, 0.25) is 0 Å². The molecule has 0 N–H and O–H groups in total. The molecule has 22 heavy (non-hydrogen) atoms. The summed E-state index contributed by atoms with van der Waals surface area (Å²) < 4.78 is 0. The lowest BCUT2D eigenvalue weighted by molar-refractivity contribution is 0.101. The van der Waals surface area contributed by atoms with Gasteiger partial charge < -0.3 is 0 Å². The van der Waals surface area contributed by atoms with E-state index >= 15 is 0 Å². The second-order valence-corrected chi connectivity index (χ2v) is 5.05. The molecule has 0 fully saturated rings. The molecule has 0 aliphatic rings. The molecule has 0 heterocycles. The fourth-order valence-electron chi connectivity index (χ4n) is 2.49. The first-order chi connectivity index (χ1) is 10.3. The Labute approximate surface area is 138 Å². The zero-order chi connectivity index (χ0) is 14.7. The van der Waals surface area contributed by atoms with Crippen molar-refractivity contribution in [2.45, 2.75) is 6.92 Å². The van der Waals surface area contributed by atoms with E-state index in [0.717, 1.165) is 11.1 Å². The van der Waals surface area contributed by atoms with E-state index in [2.05, 4.69) is 30.3 Å². The first kappa shape index (κ1) is 16.1. The van der Waals surface area contributed by atoms with E-state index < -0.39 is 0 Å². The summed E-state index contributed by atoms with van der Waals surface area (Å²) in [7, 11) is 0. The van der Waals surface area contributed by atoms with Gasteiger partial charge in [-0.05, 0) is 29.2 Å². The molecule has 0 aliphatic carbocycles. The fourth-order valence-corrected chi connectivity index (χ4v) is 2.49. The van der Waals surface area contributed by atoms with Crippen LogP contribution in [0.3, 0.4) is 0 Å². The Balaban J connectivity index is 0.00000176. The average molecular weight is 306 g/mol. The van der Waals surface area contributed by atoms with Gasteiger partial charge in [0, 0.05) is 5.56 Å². The third kappa shape index (κ3) is 3.29. The van der Waals surface area contributed by atoms with Crippen LogP contribution in [0.5, 0.6) is 0 Å². The van der Waals surface area contributed by atoms with Gasteiger partial charge in [-0.1, -0.05) is 78.9 Å². The highest BCUT2D eigenvalue weighted by Gasteiger charge is 2.07. The third-order valence-corrected chi connectivity index (χ3v) is 3.61. The van der Waals surface area contributed by atoms with Crippen molar-refractivity contribution in [2.75, 3.05) is 0 Å². The molecule has 3 aromatic rings. The molecule has 0 atom stereocenters. The lowest BCUT2D eigenvalue weighted by Crippen LogP contribution is -1.91. The van der Waals surface area contributed by atoms with Gasteiger partial charge in [0.25, 0.3) is 0 Å². The largest absolute Gasteiger partial charge is 0.295 e. The number of Topliss-reactive ketones (excluding diaryl/α,β-unsaturated/α-hetero) is 1.